The summed E-state index contributed by atoms with van der Waals surface area (Å²) in [6, 6.07) is 5.44. The number of carboxylic acids is 2. The summed E-state index contributed by atoms with van der Waals surface area (Å²) in [7, 11) is 0. The molecule has 0 bridgehead atoms. The first-order chi connectivity index (χ1) is 13.8. The van der Waals surface area contributed by atoms with Gasteiger partial charge in [0, 0.05) is 13.0 Å². The van der Waals surface area contributed by atoms with Crippen LogP contribution in [0.15, 0.2) is 24.3 Å². The molecule has 156 valence electrons. The Kier molecular flexibility index (Phi) is 6.20. The zero-order valence-electron chi connectivity index (χ0n) is 16.3. The van der Waals surface area contributed by atoms with Gasteiger partial charge in [0.05, 0.1) is 11.8 Å². The number of carbonyl (C=O) groups is 4. The van der Waals surface area contributed by atoms with Gasteiger partial charge in [-0.05, 0) is 30.9 Å². The first-order valence-corrected chi connectivity index (χ1v) is 9.93. The molecule has 0 spiro atoms. The van der Waals surface area contributed by atoms with Crippen molar-refractivity contribution in [3.8, 4) is 0 Å². The summed E-state index contributed by atoms with van der Waals surface area (Å²) in [5.74, 6) is -4.45. The summed E-state index contributed by atoms with van der Waals surface area (Å²) in [4.78, 5) is 50.1. The molecule has 0 saturated heterocycles. The van der Waals surface area contributed by atoms with Crippen molar-refractivity contribution < 1.29 is 29.4 Å². The van der Waals surface area contributed by atoms with Crippen LogP contribution in [0.5, 0.6) is 0 Å². The van der Waals surface area contributed by atoms with Gasteiger partial charge in [-0.1, -0.05) is 37.1 Å². The maximum Gasteiger partial charge on any atom is 0.326 e. The number of aliphatic carboxylic acids is 2. The van der Waals surface area contributed by atoms with E-state index in [0.29, 0.717) is 12.8 Å². The van der Waals surface area contributed by atoms with Crippen LogP contribution in [0.25, 0.3) is 0 Å². The van der Waals surface area contributed by atoms with E-state index in [9.17, 15) is 29.4 Å². The van der Waals surface area contributed by atoms with Crippen LogP contribution in [0.3, 0.4) is 0 Å². The number of benzene rings is 1. The normalized spacial score (nSPS) is 24.9. The van der Waals surface area contributed by atoms with Crippen molar-refractivity contribution in [2.24, 2.45) is 11.8 Å². The zero-order valence-corrected chi connectivity index (χ0v) is 16.3. The van der Waals surface area contributed by atoms with Gasteiger partial charge >= 0.3 is 11.9 Å². The maximum atomic E-state index is 13.0. The highest BCUT2D eigenvalue weighted by Gasteiger charge is 2.39. The van der Waals surface area contributed by atoms with Crippen molar-refractivity contribution in [2.75, 3.05) is 0 Å². The molecule has 4 atom stereocenters. The number of carbonyl (C=O) groups excluding carboxylic acids is 2. The number of nitrogens with one attached hydrogen (secondary N) is 1. The van der Waals surface area contributed by atoms with Crippen LogP contribution in [-0.2, 0) is 32.1 Å². The number of fused-ring (bicyclic) bond motifs is 1. The zero-order chi connectivity index (χ0) is 21.1. The molecule has 3 rings (SSSR count). The molecule has 1 aromatic carbocycles. The minimum absolute atomic E-state index is 0.160. The van der Waals surface area contributed by atoms with Crippen LogP contribution < -0.4 is 5.32 Å². The molecular weight excluding hydrogens is 376 g/mol. The van der Waals surface area contributed by atoms with Gasteiger partial charge in [0.1, 0.15) is 12.1 Å². The molecule has 1 aliphatic carbocycles. The van der Waals surface area contributed by atoms with E-state index in [1.54, 1.807) is 0 Å². The second-order valence-corrected chi connectivity index (χ2v) is 7.86. The lowest BCUT2D eigenvalue weighted by Gasteiger charge is -2.36. The second kappa shape index (κ2) is 8.63. The fourth-order valence-electron chi connectivity index (χ4n) is 4.35. The van der Waals surface area contributed by atoms with Crippen LogP contribution in [-0.4, -0.2) is 50.9 Å². The van der Waals surface area contributed by atoms with E-state index in [0.717, 1.165) is 24.0 Å². The highest BCUT2D eigenvalue weighted by atomic mass is 16.4. The number of carboxylic acid groups (broad SMARTS) is 2. The first-order valence-electron chi connectivity index (χ1n) is 9.93. The third-order valence-corrected chi connectivity index (χ3v) is 5.97. The summed E-state index contributed by atoms with van der Waals surface area (Å²) in [5, 5.41) is 21.6. The van der Waals surface area contributed by atoms with E-state index in [2.05, 4.69) is 5.32 Å². The van der Waals surface area contributed by atoms with Crippen molar-refractivity contribution in [3.63, 3.8) is 0 Å². The highest BCUT2D eigenvalue weighted by molar-refractivity contribution is 5.92. The number of rotatable bonds is 5. The lowest BCUT2D eigenvalue weighted by Crippen LogP contribution is -2.55. The molecule has 1 fully saturated rings. The Labute approximate surface area is 168 Å². The Morgan fingerprint density at radius 2 is 1.62 bits per heavy atom. The maximum absolute atomic E-state index is 13.0. The Hall–Kier alpha value is -2.90. The predicted octanol–water partition coefficient (Wildman–Crippen LogP) is 1.42. The third kappa shape index (κ3) is 4.41. The summed E-state index contributed by atoms with van der Waals surface area (Å²) in [5.41, 5.74) is 1.78. The topological polar surface area (TPSA) is 124 Å². The van der Waals surface area contributed by atoms with Gasteiger partial charge in [0.25, 0.3) is 0 Å². The highest BCUT2D eigenvalue weighted by Crippen LogP contribution is 2.31. The van der Waals surface area contributed by atoms with Gasteiger partial charge < -0.3 is 20.4 Å². The molecule has 3 N–H and O–H groups in total. The summed E-state index contributed by atoms with van der Waals surface area (Å²) >= 11 is 0. The Bertz CT molecular complexity index is 823. The summed E-state index contributed by atoms with van der Waals surface area (Å²) < 4.78 is 0. The average Bonchev–Trinajstić information content (AvgIpc) is 2.71. The van der Waals surface area contributed by atoms with Crippen molar-refractivity contribution in [2.45, 2.75) is 57.7 Å². The number of hydrogen-bond donors (Lipinski definition) is 3. The Morgan fingerprint density at radius 1 is 1.00 bits per heavy atom. The molecule has 0 aromatic heterocycles. The van der Waals surface area contributed by atoms with Crippen LogP contribution >= 0.6 is 0 Å². The predicted molar refractivity (Wildman–Crippen MR) is 103 cm³/mol. The number of nitrogens with zero attached hydrogens (tertiary/aromatic N) is 1. The molecule has 1 saturated carbocycles. The standard InChI is InChI=1S/C21H26N2O6/c1-12(22-18(24)15-8-4-5-9-16(15)20(26)27)19(25)23-11-14-7-3-2-6-13(14)10-17(23)21(28)29/h2-3,6-7,12,15-17H,4-5,8-11H2,1H3,(H,22,24)(H,26,27)(H,28,29)/t12?,15-,16-,17-/m0/s1. The average molecular weight is 402 g/mol. The summed E-state index contributed by atoms with van der Waals surface area (Å²) in [6.07, 6.45) is 2.66. The molecule has 1 heterocycles. The molecular formula is C21H26N2O6. The minimum atomic E-state index is -1.09. The molecule has 1 unspecified atom stereocenters. The quantitative estimate of drug-likeness (QED) is 0.684. The molecule has 29 heavy (non-hydrogen) atoms. The number of hydrogen-bond acceptors (Lipinski definition) is 4. The molecule has 1 aromatic rings. The van der Waals surface area contributed by atoms with Crippen LogP contribution in [0, 0.1) is 11.8 Å². The Morgan fingerprint density at radius 3 is 2.24 bits per heavy atom. The monoisotopic (exact) mass is 402 g/mol. The van der Waals surface area contributed by atoms with E-state index in [4.69, 9.17) is 0 Å². The van der Waals surface area contributed by atoms with Crippen molar-refractivity contribution in [1.29, 1.82) is 0 Å². The Balaban J connectivity index is 1.72. The van der Waals surface area contributed by atoms with Gasteiger partial charge in [-0.25, -0.2) is 4.79 Å². The molecule has 2 aliphatic rings. The smallest absolute Gasteiger partial charge is 0.326 e. The fraction of sp³-hybridized carbons (Fsp3) is 0.524. The molecule has 0 radical (unpaired) electrons. The van der Waals surface area contributed by atoms with Crippen molar-refractivity contribution in [3.05, 3.63) is 35.4 Å². The molecule has 8 nitrogen and oxygen atoms in total. The van der Waals surface area contributed by atoms with Gasteiger partial charge in [-0.15, -0.1) is 0 Å². The van der Waals surface area contributed by atoms with Gasteiger partial charge in [0.15, 0.2) is 0 Å². The fourth-order valence-corrected chi connectivity index (χ4v) is 4.35. The summed E-state index contributed by atoms with van der Waals surface area (Å²) in [6.45, 7) is 1.67. The van der Waals surface area contributed by atoms with Gasteiger partial charge in [0.2, 0.25) is 11.8 Å². The third-order valence-electron chi connectivity index (χ3n) is 5.97. The van der Waals surface area contributed by atoms with E-state index in [-0.39, 0.29) is 13.0 Å². The van der Waals surface area contributed by atoms with Crippen LogP contribution in [0.2, 0.25) is 0 Å². The first kappa shape index (κ1) is 20.8. The van der Waals surface area contributed by atoms with Gasteiger partial charge in [-0.3, -0.25) is 14.4 Å². The van der Waals surface area contributed by atoms with E-state index in [1.807, 2.05) is 24.3 Å². The van der Waals surface area contributed by atoms with Crippen molar-refractivity contribution >= 4 is 23.8 Å². The lowest BCUT2D eigenvalue weighted by atomic mass is 9.78. The van der Waals surface area contributed by atoms with E-state index in [1.165, 1.54) is 11.8 Å². The molecule has 1 aliphatic heterocycles. The molecule has 8 heteroatoms. The van der Waals surface area contributed by atoms with E-state index < -0.39 is 47.7 Å². The van der Waals surface area contributed by atoms with E-state index >= 15 is 0 Å². The van der Waals surface area contributed by atoms with Crippen LogP contribution in [0.4, 0.5) is 0 Å². The van der Waals surface area contributed by atoms with Crippen molar-refractivity contribution in [1.82, 2.24) is 10.2 Å². The van der Waals surface area contributed by atoms with Gasteiger partial charge in [-0.2, -0.15) is 0 Å². The molecule has 2 amide bonds. The van der Waals surface area contributed by atoms with Crippen LogP contribution in [0.1, 0.15) is 43.7 Å². The lowest BCUT2D eigenvalue weighted by molar-refractivity contribution is -0.153. The largest absolute Gasteiger partial charge is 0.481 e. The minimum Gasteiger partial charge on any atom is -0.481 e. The SMILES string of the molecule is CC(NC(=O)[C@H]1CCCC[C@@H]1C(=O)O)C(=O)N1Cc2ccccc2C[C@H]1C(=O)O. The second-order valence-electron chi connectivity index (χ2n) is 7.86. The number of amides is 2.